The van der Waals surface area contributed by atoms with E-state index in [0.29, 0.717) is 17.9 Å². The third kappa shape index (κ3) is 4.42. The van der Waals surface area contributed by atoms with E-state index in [-0.39, 0.29) is 18.4 Å². The molecule has 2 rings (SSSR count). The summed E-state index contributed by atoms with van der Waals surface area (Å²) in [5.41, 5.74) is 1.13. The molecule has 0 bridgehead atoms. The van der Waals surface area contributed by atoms with Gasteiger partial charge in [-0.3, -0.25) is 0 Å². The van der Waals surface area contributed by atoms with Gasteiger partial charge in [0.2, 0.25) is 0 Å². The Labute approximate surface area is 161 Å². The number of nitrogens with zero attached hydrogens (tertiary/aromatic N) is 1. The van der Waals surface area contributed by atoms with Crippen molar-refractivity contribution in [3.8, 4) is 5.75 Å². The molecule has 1 aliphatic heterocycles. The number of amides is 2. The second-order valence-electron chi connectivity index (χ2n) is 5.97. The predicted molar refractivity (Wildman–Crippen MR) is 97.0 cm³/mol. The predicted octanol–water partition coefficient (Wildman–Crippen LogP) is 4.74. The van der Waals surface area contributed by atoms with E-state index in [4.69, 9.17) is 24.1 Å². The van der Waals surface area contributed by atoms with E-state index >= 15 is 0 Å². The van der Waals surface area contributed by atoms with E-state index in [0.717, 1.165) is 10.5 Å². The average molecular weight is 475 g/mol. The van der Waals surface area contributed by atoms with Crippen molar-refractivity contribution in [1.82, 2.24) is 0 Å². The Morgan fingerprint density at radius 1 is 1.48 bits per heavy atom. The zero-order valence-corrected chi connectivity index (χ0v) is 17.5. The third-order valence-electron chi connectivity index (χ3n) is 3.65. The Balaban J connectivity index is 2.55. The summed E-state index contributed by atoms with van der Waals surface area (Å²) < 4.78 is 9.64. The van der Waals surface area contributed by atoms with E-state index in [1.54, 1.807) is 16.7 Å². The van der Waals surface area contributed by atoms with Crippen molar-refractivity contribution in [2.45, 2.75) is 33.3 Å². The summed E-state index contributed by atoms with van der Waals surface area (Å²) >= 11 is -2.10. The minimum absolute atomic E-state index is 0.170. The number of ether oxygens (including phenoxy) is 1. The van der Waals surface area contributed by atoms with Crippen LogP contribution in [0.2, 0.25) is 0 Å². The molecule has 8 heteroatoms. The number of fused-ring (bicyclic) bond motifs is 1. The fourth-order valence-corrected chi connectivity index (χ4v) is 4.35. The van der Waals surface area contributed by atoms with Gasteiger partial charge in [0.1, 0.15) is 0 Å². The summed E-state index contributed by atoms with van der Waals surface area (Å²) in [6, 6.07) is 5.25. The van der Waals surface area contributed by atoms with Crippen LogP contribution < -0.4 is 4.90 Å². The Kier molecular flexibility index (Phi) is 7.01. The van der Waals surface area contributed by atoms with Crippen LogP contribution in [0.5, 0.6) is 5.75 Å². The van der Waals surface area contributed by atoms with Crippen LogP contribution in [0, 0.1) is 13.0 Å². The molecule has 0 N–H and O–H groups in total. The molecule has 2 amide bonds. The first-order chi connectivity index (χ1) is 11.8. The van der Waals surface area contributed by atoms with Gasteiger partial charge in [-0.25, -0.2) is 0 Å². The number of rotatable bonds is 4. The molecule has 5 nitrogen and oxygen atoms in total. The number of carbonyl (C=O) groups excluding carboxylic acids is 2. The fraction of sp³-hybridized carbons (Fsp3) is 0.412. The molecule has 0 spiro atoms. The van der Waals surface area contributed by atoms with Gasteiger partial charge in [0.25, 0.3) is 0 Å². The Morgan fingerprint density at radius 2 is 2.16 bits per heavy atom. The van der Waals surface area contributed by atoms with Crippen LogP contribution >= 0.6 is 19.4 Å². The van der Waals surface area contributed by atoms with Crippen molar-refractivity contribution < 1.29 is 32.2 Å². The van der Waals surface area contributed by atoms with Crippen molar-refractivity contribution in [3.63, 3.8) is 0 Å². The van der Waals surface area contributed by atoms with Crippen LogP contribution in [0.4, 0.5) is 10.5 Å². The second kappa shape index (κ2) is 8.61. The van der Waals surface area contributed by atoms with Gasteiger partial charge in [0, 0.05) is 0 Å². The maximum atomic E-state index is 12.8. The quantitative estimate of drug-likeness (QED) is 0.359. The van der Waals surface area contributed by atoms with Crippen molar-refractivity contribution in [3.05, 3.63) is 30.9 Å². The molecule has 1 aliphatic rings. The molecule has 1 aromatic rings. The number of halogens is 2. The van der Waals surface area contributed by atoms with Gasteiger partial charge < -0.3 is 0 Å². The zero-order chi connectivity index (χ0) is 18.7. The van der Waals surface area contributed by atoms with Crippen LogP contribution in [0.15, 0.2) is 18.2 Å². The number of anilines is 1. The first-order valence-electron chi connectivity index (χ1n) is 7.77. The number of imide groups is 1. The molecule has 0 fully saturated rings. The number of para-hydroxylation sites is 1. The van der Waals surface area contributed by atoms with Crippen LogP contribution in [0.25, 0.3) is 0 Å². The minimum atomic E-state index is -2.10. The number of carbonyl (C=O) groups is 2. The molecule has 1 heterocycles. The fourth-order valence-electron chi connectivity index (χ4n) is 2.56. The topological polar surface area (TPSA) is 49.3 Å². The second-order valence-corrected chi connectivity index (χ2v) is 11.7. The Bertz CT molecular complexity index is 704. The summed E-state index contributed by atoms with van der Waals surface area (Å²) in [6.45, 7) is 5.95. The summed E-state index contributed by atoms with van der Waals surface area (Å²) in [6.07, 6.45) is -0.854. The summed E-state index contributed by atoms with van der Waals surface area (Å²) in [5, 5.41) is 0. The van der Waals surface area contributed by atoms with Crippen molar-refractivity contribution in [1.29, 1.82) is 0 Å². The van der Waals surface area contributed by atoms with Crippen molar-refractivity contribution in [2.75, 3.05) is 11.5 Å². The van der Waals surface area contributed by atoms with E-state index in [1.807, 2.05) is 26.8 Å². The molecule has 0 saturated heterocycles. The summed E-state index contributed by atoms with van der Waals surface area (Å²) in [7, 11) is 16.0. The Hall–Kier alpha value is -0.967. The Morgan fingerprint density at radius 3 is 2.72 bits per heavy atom. The van der Waals surface area contributed by atoms with Gasteiger partial charge in [-0.1, -0.05) is 0 Å². The monoisotopic (exact) mass is 475 g/mol. The van der Waals surface area contributed by atoms with Gasteiger partial charge in [0.15, 0.2) is 0 Å². The zero-order valence-electron chi connectivity index (χ0n) is 14.3. The van der Waals surface area contributed by atoms with Gasteiger partial charge in [-0.2, -0.15) is 0 Å². The molecule has 1 atom stereocenters. The van der Waals surface area contributed by atoms with Crippen LogP contribution in [-0.2, 0) is 27.4 Å². The molecule has 1 aromatic carbocycles. The molecule has 0 aliphatic carbocycles. The van der Waals surface area contributed by atoms with Gasteiger partial charge in [-0.05, 0) is 0 Å². The van der Waals surface area contributed by atoms with Gasteiger partial charge in [-0.15, -0.1) is 0 Å². The van der Waals surface area contributed by atoms with Crippen molar-refractivity contribution >= 4 is 41.7 Å². The van der Waals surface area contributed by atoms with Gasteiger partial charge >= 0.3 is 161 Å². The van der Waals surface area contributed by atoms with Crippen LogP contribution in [-0.4, -0.2) is 29.3 Å². The van der Waals surface area contributed by atoms with Gasteiger partial charge in [0.05, 0.1) is 0 Å². The first kappa shape index (κ1) is 20.3. The first-order valence-corrected chi connectivity index (χ1v) is 13.3. The number of hydrogen-bond acceptors (Lipinski definition) is 3. The molecular weight excluding hydrogens is 454 g/mol. The third-order valence-corrected chi connectivity index (χ3v) is 5.48. The SMILES string of the molecule is [CH2-][O+]1c2c([CH]=[Ru]([Cl])[Cl])cccc2N(C(=O)OCC(C)C)C(=O)C1CC. The van der Waals surface area contributed by atoms with E-state index < -0.39 is 25.7 Å². The standard InChI is InChI=1S/C17H21NO4.2ClH.Ru/c1-6-14-16(19)18(17(20)21-10-11(2)3)13-9-7-8-12(4)15(13)22(14)5;;;/h4,7-9,11,14H,5-6,10H2,1-3H3;2*1H;/q;;;+2/p-2. The summed E-state index contributed by atoms with van der Waals surface area (Å²) in [5.74, 6) is 0.366. The molecule has 25 heavy (non-hydrogen) atoms. The average Bonchev–Trinajstić information content (AvgIpc) is 2.52. The van der Waals surface area contributed by atoms with E-state index in [1.165, 1.54) is 0 Å². The van der Waals surface area contributed by atoms with E-state index in [2.05, 4.69) is 11.5 Å². The summed E-state index contributed by atoms with van der Waals surface area (Å²) in [4.78, 5) is 26.5. The molecule has 140 valence electrons. The maximum absolute atomic E-state index is 12.8. The molecule has 0 saturated carbocycles. The molecule has 1 unspecified atom stereocenters. The molecular formula is C17H21Cl2NO4Ru. The number of hydrogen-bond donors (Lipinski definition) is 0. The molecule has 0 aromatic heterocycles. The van der Waals surface area contributed by atoms with Crippen LogP contribution in [0.3, 0.4) is 0 Å². The van der Waals surface area contributed by atoms with Crippen molar-refractivity contribution in [2.24, 2.45) is 5.92 Å². The molecule has 0 radical (unpaired) electrons. The number of benzene rings is 1. The van der Waals surface area contributed by atoms with E-state index in [9.17, 15) is 9.59 Å². The normalized spacial score (nSPS) is 17.5. The van der Waals surface area contributed by atoms with Crippen LogP contribution in [0.1, 0.15) is 32.8 Å².